The maximum absolute atomic E-state index is 9.04. The fourth-order valence-corrected chi connectivity index (χ4v) is 2.54. The Morgan fingerprint density at radius 1 is 0.850 bits per heavy atom. The first-order valence-electron chi connectivity index (χ1n) is 6.42. The normalized spacial score (nSPS) is 21.9. The summed E-state index contributed by atoms with van der Waals surface area (Å²) in [4.78, 5) is 4.06. The molecule has 8 nitrogen and oxygen atoms in total. The summed E-state index contributed by atoms with van der Waals surface area (Å²) in [5.74, 6) is 0. The van der Waals surface area contributed by atoms with Crippen molar-refractivity contribution in [3.05, 3.63) is 0 Å². The lowest BCUT2D eigenvalue weighted by Gasteiger charge is -2.48. The van der Waals surface area contributed by atoms with Crippen LogP contribution in [0.5, 0.6) is 0 Å². The summed E-state index contributed by atoms with van der Waals surface area (Å²) in [5.41, 5.74) is 0. The van der Waals surface area contributed by atoms with E-state index in [0.29, 0.717) is 50.0 Å². The number of hydrogen-bond acceptors (Lipinski definition) is 6. The van der Waals surface area contributed by atoms with Crippen LogP contribution < -0.4 is 10.6 Å². The predicted octanol–water partition coefficient (Wildman–Crippen LogP) is -2.30. The van der Waals surface area contributed by atoms with E-state index in [2.05, 4.69) is 10.6 Å². The second kappa shape index (κ2) is 7.29. The molecule has 0 unspecified atom stereocenters. The summed E-state index contributed by atoms with van der Waals surface area (Å²) in [7, 11) is 0. The zero-order valence-electron chi connectivity index (χ0n) is 11.2. The molecular weight excluding hydrogens is 300 g/mol. The van der Waals surface area contributed by atoms with Crippen molar-refractivity contribution in [2.45, 2.75) is 0 Å². The Hall–Kier alpha value is -0.780. The van der Waals surface area contributed by atoms with Gasteiger partial charge in [0.25, 0.3) is 0 Å². The van der Waals surface area contributed by atoms with Gasteiger partial charge in [0.2, 0.25) is 0 Å². The minimum absolute atomic E-state index is 0.0988. The highest BCUT2D eigenvalue weighted by Crippen LogP contribution is 2.10. The van der Waals surface area contributed by atoms with Crippen molar-refractivity contribution in [3.63, 3.8) is 0 Å². The van der Waals surface area contributed by atoms with Crippen molar-refractivity contribution in [1.82, 2.24) is 30.5 Å². The van der Waals surface area contributed by atoms with E-state index in [1.54, 1.807) is 0 Å². The van der Waals surface area contributed by atoms with Crippen LogP contribution in [0.1, 0.15) is 0 Å². The number of aliphatic hydroxyl groups excluding tert-OH is 2. The first-order valence-corrected chi connectivity index (χ1v) is 7.24. The first-order chi connectivity index (χ1) is 9.65. The molecule has 0 aromatic carbocycles. The van der Waals surface area contributed by atoms with E-state index in [9.17, 15) is 0 Å². The van der Waals surface area contributed by atoms with Gasteiger partial charge in [-0.15, -0.1) is 0 Å². The van der Waals surface area contributed by atoms with Crippen LogP contribution in [0.4, 0.5) is 0 Å². The van der Waals surface area contributed by atoms with Gasteiger partial charge in [-0.2, -0.15) is 0 Å². The van der Waals surface area contributed by atoms with Gasteiger partial charge >= 0.3 is 0 Å². The molecule has 2 aliphatic heterocycles. The number of aliphatic hydroxyl groups is 2. The van der Waals surface area contributed by atoms with Crippen molar-refractivity contribution >= 4 is 34.7 Å². The maximum atomic E-state index is 9.04. The van der Waals surface area contributed by atoms with Gasteiger partial charge in [-0.25, -0.2) is 10.0 Å². The molecule has 0 atom stereocenters. The average Bonchev–Trinajstić information content (AvgIpc) is 2.44. The third-order valence-electron chi connectivity index (χ3n) is 3.17. The van der Waals surface area contributed by atoms with Crippen LogP contribution in [-0.2, 0) is 0 Å². The Morgan fingerprint density at radius 2 is 1.25 bits per heavy atom. The highest BCUT2D eigenvalue weighted by atomic mass is 32.1. The van der Waals surface area contributed by atoms with E-state index in [-0.39, 0.29) is 13.2 Å². The fourth-order valence-electron chi connectivity index (χ4n) is 2.10. The molecule has 20 heavy (non-hydrogen) atoms. The Balaban J connectivity index is 2.02. The van der Waals surface area contributed by atoms with Gasteiger partial charge in [0.15, 0.2) is 10.2 Å². The number of nitrogens with one attached hydrogen (secondary N) is 2. The van der Waals surface area contributed by atoms with Crippen LogP contribution in [0, 0.1) is 0 Å². The number of hydrogen-bond donors (Lipinski definition) is 4. The van der Waals surface area contributed by atoms with Crippen molar-refractivity contribution < 1.29 is 10.2 Å². The van der Waals surface area contributed by atoms with Crippen molar-refractivity contribution in [2.75, 3.05) is 53.0 Å². The number of β-amino-alcohol motifs (C(OH)–C–C–N with tert-alkyl or cyclic N) is 2. The summed E-state index contributed by atoms with van der Waals surface area (Å²) in [6.45, 7) is 3.71. The van der Waals surface area contributed by atoms with Crippen LogP contribution in [0.2, 0.25) is 0 Å². The van der Waals surface area contributed by atoms with Crippen LogP contribution in [0.3, 0.4) is 0 Å². The standard InChI is InChI=1S/C10H20N6O2S2/c17-3-1-13-5-11-9(19)15(7-13)16-8-14(2-4-18)6-12-10(16)20/h17-18H,1-8H2,(H,11,19)(H,12,20). The zero-order chi connectivity index (χ0) is 14.5. The molecule has 2 fully saturated rings. The molecule has 10 heteroatoms. The second-order valence-corrected chi connectivity index (χ2v) is 5.37. The molecule has 0 aromatic heterocycles. The third kappa shape index (κ3) is 3.65. The van der Waals surface area contributed by atoms with E-state index in [1.807, 2.05) is 19.8 Å². The minimum Gasteiger partial charge on any atom is -0.395 e. The summed E-state index contributed by atoms with van der Waals surface area (Å²) < 4.78 is 0. The van der Waals surface area contributed by atoms with Crippen molar-refractivity contribution in [3.8, 4) is 0 Å². The lowest BCUT2D eigenvalue weighted by Crippen LogP contribution is -2.68. The lowest BCUT2D eigenvalue weighted by molar-refractivity contribution is -0.0213. The Bertz CT molecular complexity index is 338. The highest BCUT2D eigenvalue weighted by molar-refractivity contribution is 7.80. The largest absolute Gasteiger partial charge is 0.395 e. The Kier molecular flexibility index (Phi) is 5.69. The number of thiocarbonyl (C=S) groups is 2. The van der Waals surface area contributed by atoms with E-state index in [4.69, 9.17) is 34.6 Å². The summed E-state index contributed by atoms with van der Waals surface area (Å²) >= 11 is 10.7. The average molecular weight is 320 g/mol. The molecule has 0 aromatic rings. The van der Waals surface area contributed by atoms with E-state index >= 15 is 0 Å². The van der Waals surface area contributed by atoms with Gasteiger partial charge in [-0.1, -0.05) is 0 Å². The molecule has 0 amide bonds. The van der Waals surface area contributed by atoms with Crippen LogP contribution in [0.15, 0.2) is 0 Å². The number of rotatable bonds is 5. The zero-order valence-corrected chi connectivity index (χ0v) is 12.8. The molecular formula is C10H20N6O2S2. The quantitative estimate of drug-likeness (QED) is 0.416. The molecule has 0 bridgehead atoms. The van der Waals surface area contributed by atoms with Gasteiger partial charge in [-0.05, 0) is 24.4 Å². The second-order valence-electron chi connectivity index (χ2n) is 4.60. The van der Waals surface area contributed by atoms with Gasteiger partial charge in [0.1, 0.15) is 0 Å². The smallest absolute Gasteiger partial charge is 0.190 e. The SMILES string of the molecule is OCCN1CNC(=S)N(N2CN(CCO)CNC2=S)C1. The molecule has 4 N–H and O–H groups in total. The Labute approximate surface area is 128 Å². The topological polar surface area (TPSA) is 77.5 Å². The molecule has 2 aliphatic rings. The summed E-state index contributed by atoms with van der Waals surface area (Å²) in [5, 5.41) is 29.2. The number of nitrogens with zero attached hydrogens (tertiary/aromatic N) is 4. The molecule has 0 radical (unpaired) electrons. The molecule has 0 aliphatic carbocycles. The minimum atomic E-state index is 0.0988. The highest BCUT2D eigenvalue weighted by Gasteiger charge is 2.30. The lowest BCUT2D eigenvalue weighted by atomic mass is 10.5. The van der Waals surface area contributed by atoms with E-state index in [0.717, 1.165) is 0 Å². The van der Waals surface area contributed by atoms with Crippen LogP contribution in [-0.4, -0.2) is 93.2 Å². The first kappa shape index (κ1) is 15.6. The fraction of sp³-hybridized carbons (Fsp3) is 0.800. The van der Waals surface area contributed by atoms with Gasteiger partial charge < -0.3 is 20.8 Å². The number of hydrazine groups is 1. The van der Waals surface area contributed by atoms with Gasteiger partial charge in [-0.3, -0.25) is 9.80 Å². The molecule has 2 heterocycles. The summed E-state index contributed by atoms with van der Waals surface area (Å²) in [6, 6.07) is 0. The maximum Gasteiger partial charge on any atom is 0.190 e. The molecule has 0 saturated carbocycles. The Morgan fingerprint density at radius 3 is 1.60 bits per heavy atom. The molecule has 2 saturated heterocycles. The van der Waals surface area contributed by atoms with E-state index < -0.39 is 0 Å². The van der Waals surface area contributed by atoms with Gasteiger partial charge in [0, 0.05) is 13.1 Å². The monoisotopic (exact) mass is 320 g/mol. The van der Waals surface area contributed by atoms with Crippen molar-refractivity contribution in [1.29, 1.82) is 0 Å². The van der Waals surface area contributed by atoms with E-state index in [1.165, 1.54) is 0 Å². The molecule has 114 valence electrons. The van der Waals surface area contributed by atoms with Crippen LogP contribution >= 0.6 is 24.4 Å². The molecule has 2 rings (SSSR count). The summed E-state index contributed by atoms with van der Waals surface area (Å²) in [6.07, 6.45) is 0. The third-order valence-corrected chi connectivity index (χ3v) is 3.88. The predicted molar refractivity (Wildman–Crippen MR) is 82.2 cm³/mol. The van der Waals surface area contributed by atoms with Crippen molar-refractivity contribution in [2.24, 2.45) is 0 Å². The molecule has 0 spiro atoms. The van der Waals surface area contributed by atoms with Gasteiger partial charge in [0.05, 0.1) is 39.9 Å². The van der Waals surface area contributed by atoms with Crippen LogP contribution in [0.25, 0.3) is 0 Å².